The van der Waals surface area contributed by atoms with Crippen LogP contribution in [0.5, 0.6) is 5.75 Å². The van der Waals surface area contributed by atoms with Crippen LogP contribution in [0.1, 0.15) is 50.1 Å². The fourth-order valence-electron chi connectivity index (χ4n) is 5.03. The van der Waals surface area contributed by atoms with Gasteiger partial charge < -0.3 is 20.1 Å². The Kier molecular flexibility index (Phi) is 5.59. The predicted octanol–water partition coefficient (Wildman–Crippen LogP) is 5.28. The number of carbonyl (C=O) groups excluding carboxylic acids is 2. The van der Waals surface area contributed by atoms with Crippen LogP contribution in [0.4, 0.5) is 24.1 Å². The zero-order valence-corrected chi connectivity index (χ0v) is 18.6. The third-order valence-electron chi connectivity index (χ3n) is 6.59. The number of methoxy groups -OCH3 is 1. The van der Waals surface area contributed by atoms with Gasteiger partial charge in [-0.05, 0) is 43.9 Å². The minimum atomic E-state index is -0.771. The van der Waals surface area contributed by atoms with Gasteiger partial charge in [-0.2, -0.15) is 9.78 Å². The van der Waals surface area contributed by atoms with Gasteiger partial charge in [0.05, 0.1) is 30.6 Å². The van der Waals surface area contributed by atoms with Gasteiger partial charge in [0, 0.05) is 23.4 Å². The molecule has 1 aliphatic carbocycles. The molecule has 1 spiro atoms. The minimum Gasteiger partial charge on any atom is -0.484 e. The number of rotatable bonds is 2. The normalized spacial score (nSPS) is 18.7. The summed E-state index contributed by atoms with van der Waals surface area (Å²) in [6, 6.07) is 5.85. The Labute approximate surface area is 194 Å². The fourth-order valence-corrected chi connectivity index (χ4v) is 5.03. The number of amides is 2. The lowest BCUT2D eigenvalue weighted by Crippen LogP contribution is -2.47. The average molecular weight is 470 g/mol. The summed E-state index contributed by atoms with van der Waals surface area (Å²) < 4.78 is 40.6. The van der Waals surface area contributed by atoms with Crippen LogP contribution in [-0.4, -0.2) is 34.6 Å². The molecule has 1 atom stereocenters. The van der Waals surface area contributed by atoms with Gasteiger partial charge in [0.25, 0.3) is 0 Å². The molecule has 2 N–H and O–H groups in total. The van der Waals surface area contributed by atoms with Crippen molar-refractivity contribution in [1.29, 1.82) is 0 Å². The van der Waals surface area contributed by atoms with Crippen molar-refractivity contribution in [2.75, 3.05) is 12.4 Å². The number of aromatic nitrogens is 2. The predicted molar refractivity (Wildman–Crippen MR) is 120 cm³/mol. The topological polar surface area (TPSA) is 94.5 Å². The molecule has 8 nitrogen and oxygen atoms in total. The zero-order chi connectivity index (χ0) is 23.9. The molecule has 10 heteroatoms. The summed E-state index contributed by atoms with van der Waals surface area (Å²) in [5.74, 6) is -1.50. The summed E-state index contributed by atoms with van der Waals surface area (Å²) in [5, 5.41) is 10.2. The van der Waals surface area contributed by atoms with E-state index in [1.54, 1.807) is 18.2 Å². The highest BCUT2D eigenvalue weighted by atomic mass is 19.1. The van der Waals surface area contributed by atoms with Crippen LogP contribution >= 0.6 is 0 Å². The molecule has 1 aliphatic heterocycles. The quantitative estimate of drug-likeness (QED) is 0.532. The van der Waals surface area contributed by atoms with Gasteiger partial charge in [-0.3, -0.25) is 0 Å². The Morgan fingerprint density at radius 1 is 1.21 bits per heavy atom. The lowest BCUT2D eigenvalue weighted by atomic mass is 9.77. The van der Waals surface area contributed by atoms with Crippen LogP contribution in [0.3, 0.4) is 0 Å². The van der Waals surface area contributed by atoms with Crippen molar-refractivity contribution in [3.8, 4) is 5.75 Å². The Morgan fingerprint density at radius 2 is 2.00 bits per heavy atom. The molecular formula is C24H24F2N4O4. The number of fused-ring (bicyclic) bond motifs is 2. The molecule has 0 saturated heterocycles. The van der Waals surface area contributed by atoms with Crippen LogP contribution < -0.4 is 15.4 Å². The van der Waals surface area contributed by atoms with Gasteiger partial charge in [0.2, 0.25) is 0 Å². The molecule has 0 bridgehead atoms. The van der Waals surface area contributed by atoms with Gasteiger partial charge in [0.15, 0.2) is 11.6 Å². The molecule has 1 fully saturated rings. The first-order valence-electron chi connectivity index (χ1n) is 11.2. The molecule has 5 rings (SSSR count). The molecule has 1 unspecified atom stereocenters. The molecule has 1 aromatic heterocycles. The molecule has 2 amide bonds. The van der Waals surface area contributed by atoms with E-state index in [-0.39, 0.29) is 11.3 Å². The van der Waals surface area contributed by atoms with Gasteiger partial charge >= 0.3 is 12.1 Å². The summed E-state index contributed by atoms with van der Waals surface area (Å²) in [5.41, 5.74) is 0.575. The Balaban J connectivity index is 1.42. The van der Waals surface area contributed by atoms with E-state index in [1.807, 2.05) is 0 Å². The van der Waals surface area contributed by atoms with E-state index in [1.165, 1.54) is 19.4 Å². The van der Waals surface area contributed by atoms with E-state index in [9.17, 15) is 18.4 Å². The molecule has 2 aliphatic rings. The third-order valence-corrected chi connectivity index (χ3v) is 6.59. The van der Waals surface area contributed by atoms with Gasteiger partial charge in [-0.15, -0.1) is 0 Å². The molecule has 34 heavy (non-hydrogen) atoms. The highest BCUT2D eigenvalue weighted by molar-refractivity contribution is 6.02. The second-order valence-corrected chi connectivity index (χ2v) is 8.77. The molecule has 2 aromatic carbocycles. The van der Waals surface area contributed by atoms with Crippen LogP contribution in [0, 0.1) is 11.6 Å². The van der Waals surface area contributed by atoms with E-state index in [4.69, 9.17) is 9.47 Å². The summed E-state index contributed by atoms with van der Waals surface area (Å²) in [6.07, 6.45) is 5.67. The van der Waals surface area contributed by atoms with Crippen molar-refractivity contribution in [3.05, 3.63) is 53.7 Å². The highest BCUT2D eigenvalue weighted by Crippen LogP contribution is 2.47. The number of halogens is 2. The number of benzene rings is 2. The van der Waals surface area contributed by atoms with Crippen molar-refractivity contribution in [1.82, 2.24) is 15.1 Å². The maximum absolute atomic E-state index is 14.7. The smallest absolute Gasteiger partial charge is 0.434 e. The fraction of sp³-hybridized carbons (Fsp3) is 0.375. The van der Waals surface area contributed by atoms with Gasteiger partial charge in [-0.25, -0.2) is 18.4 Å². The molecule has 178 valence electrons. The molecule has 1 saturated carbocycles. The summed E-state index contributed by atoms with van der Waals surface area (Å²) in [6.45, 7) is 0. The van der Waals surface area contributed by atoms with Crippen molar-refractivity contribution < 1.29 is 27.8 Å². The molecule has 2 heterocycles. The zero-order valence-electron chi connectivity index (χ0n) is 18.6. The van der Waals surface area contributed by atoms with Gasteiger partial charge in [-0.1, -0.05) is 12.5 Å². The SMILES string of the molecule is COC(=O)n1ncc2c(NC(=O)NC3CC4(CCCCC4)Oc4c(F)cc(F)cc43)cccc21. The highest BCUT2D eigenvalue weighted by Gasteiger charge is 2.43. The van der Waals surface area contributed by atoms with Crippen molar-refractivity contribution in [3.63, 3.8) is 0 Å². The third kappa shape index (κ3) is 3.93. The number of nitrogens with zero attached hydrogens (tertiary/aromatic N) is 2. The number of ether oxygens (including phenoxy) is 2. The summed E-state index contributed by atoms with van der Waals surface area (Å²) in [7, 11) is 1.25. The lowest BCUT2D eigenvalue weighted by Gasteiger charge is -2.44. The van der Waals surface area contributed by atoms with E-state index < -0.39 is 35.4 Å². The number of hydrogen-bond donors (Lipinski definition) is 2. The number of anilines is 1. The Hall–Kier alpha value is -3.69. The second-order valence-electron chi connectivity index (χ2n) is 8.77. The molecular weight excluding hydrogens is 446 g/mol. The monoisotopic (exact) mass is 470 g/mol. The lowest BCUT2D eigenvalue weighted by molar-refractivity contribution is -0.00480. The van der Waals surface area contributed by atoms with Crippen LogP contribution in [0.2, 0.25) is 0 Å². The number of urea groups is 1. The van der Waals surface area contributed by atoms with E-state index in [0.29, 0.717) is 23.0 Å². The number of nitrogens with one attached hydrogen (secondary N) is 2. The van der Waals surface area contributed by atoms with Crippen LogP contribution in [0.25, 0.3) is 10.9 Å². The van der Waals surface area contributed by atoms with E-state index >= 15 is 0 Å². The average Bonchev–Trinajstić information content (AvgIpc) is 3.25. The number of hydrogen-bond acceptors (Lipinski definition) is 5. The maximum Gasteiger partial charge on any atom is 0.434 e. The minimum absolute atomic E-state index is 0.00121. The van der Waals surface area contributed by atoms with E-state index in [2.05, 4.69) is 15.7 Å². The first-order chi connectivity index (χ1) is 16.4. The van der Waals surface area contributed by atoms with Gasteiger partial charge in [0.1, 0.15) is 11.4 Å². The van der Waals surface area contributed by atoms with Crippen molar-refractivity contribution in [2.24, 2.45) is 0 Å². The molecule has 0 radical (unpaired) electrons. The first kappa shape index (κ1) is 22.1. The Morgan fingerprint density at radius 3 is 2.76 bits per heavy atom. The second kappa shape index (κ2) is 8.58. The van der Waals surface area contributed by atoms with Crippen LogP contribution in [0.15, 0.2) is 36.5 Å². The summed E-state index contributed by atoms with van der Waals surface area (Å²) in [4.78, 5) is 24.9. The standard InChI is InChI=1S/C24H24F2N4O4/c1-33-23(32)30-20-7-5-6-18(16(20)13-27-30)28-22(31)29-19-12-24(8-3-2-4-9-24)34-21-15(19)10-14(25)11-17(21)26/h5-7,10-11,13,19H,2-4,8-9,12H2,1H3,(H2,28,29,31). The number of carbonyl (C=O) groups is 2. The van der Waals surface area contributed by atoms with Crippen LogP contribution in [-0.2, 0) is 4.74 Å². The van der Waals surface area contributed by atoms with E-state index in [0.717, 1.165) is 42.9 Å². The Bertz CT molecular complexity index is 1270. The van der Waals surface area contributed by atoms with Crippen molar-refractivity contribution >= 4 is 28.7 Å². The largest absolute Gasteiger partial charge is 0.484 e. The first-order valence-corrected chi connectivity index (χ1v) is 11.2. The molecule has 3 aromatic rings. The van der Waals surface area contributed by atoms with Crippen molar-refractivity contribution in [2.45, 2.75) is 50.2 Å². The maximum atomic E-state index is 14.7. The summed E-state index contributed by atoms with van der Waals surface area (Å²) >= 11 is 0.